The smallest absolute Gasteiger partial charge is 0.287 e. The molecule has 8 heteroatoms. The third-order valence-electron chi connectivity index (χ3n) is 3.47. The van der Waals surface area contributed by atoms with Gasteiger partial charge >= 0.3 is 0 Å². The fraction of sp³-hybridized carbons (Fsp3) is 0.500. The number of hydrogen-bond acceptors (Lipinski definition) is 5. The van der Waals surface area contributed by atoms with E-state index >= 15 is 0 Å². The van der Waals surface area contributed by atoms with E-state index in [0.717, 1.165) is 5.56 Å². The highest BCUT2D eigenvalue weighted by molar-refractivity contribution is 7.91. The highest BCUT2D eigenvalue weighted by atomic mass is 35.5. The minimum Gasteiger partial charge on any atom is -0.298 e. The Labute approximate surface area is 122 Å². The first-order valence-corrected chi connectivity index (χ1v) is 8.32. The largest absolute Gasteiger partial charge is 0.298 e. The van der Waals surface area contributed by atoms with Crippen molar-refractivity contribution in [2.24, 2.45) is 0 Å². The highest BCUT2D eigenvalue weighted by Crippen LogP contribution is 2.26. The molecule has 0 N–H and O–H groups in total. The van der Waals surface area contributed by atoms with Crippen LogP contribution in [-0.4, -0.2) is 42.8 Å². The molecule has 0 amide bonds. The maximum atomic E-state index is 11.4. The molecule has 1 aliphatic heterocycles. The van der Waals surface area contributed by atoms with Crippen LogP contribution in [0.1, 0.15) is 12.0 Å². The lowest BCUT2D eigenvalue weighted by Crippen LogP contribution is -2.32. The van der Waals surface area contributed by atoms with Gasteiger partial charge in [0.05, 0.1) is 16.4 Å². The van der Waals surface area contributed by atoms with Gasteiger partial charge in [-0.2, -0.15) is 0 Å². The molecule has 1 fully saturated rings. The topological polar surface area (TPSA) is 80.5 Å². The zero-order chi connectivity index (χ0) is 14.9. The van der Waals surface area contributed by atoms with Gasteiger partial charge in [0.2, 0.25) is 0 Å². The van der Waals surface area contributed by atoms with E-state index in [2.05, 4.69) is 0 Å². The number of benzene rings is 1. The van der Waals surface area contributed by atoms with Crippen LogP contribution < -0.4 is 0 Å². The second-order valence-corrected chi connectivity index (χ2v) is 7.65. The molecular weight excluding hydrogens is 304 g/mol. The fourth-order valence-corrected chi connectivity index (χ4v) is 4.41. The molecule has 2 rings (SSSR count). The van der Waals surface area contributed by atoms with Crippen LogP contribution in [0.15, 0.2) is 18.2 Å². The Kier molecular flexibility index (Phi) is 4.31. The summed E-state index contributed by atoms with van der Waals surface area (Å²) in [6.07, 6.45) is 0.625. The zero-order valence-corrected chi connectivity index (χ0v) is 12.5. The van der Waals surface area contributed by atoms with Gasteiger partial charge in [-0.1, -0.05) is 17.7 Å². The average molecular weight is 319 g/mol. The summed E-state index contributed by atoms with van der Waals surface area (Å²) in [6, 6.07) is 4.56. The van der Waals surface area contributed by atoms with Crippen molar-refractivity contribution < 1.29 is 13.3 Å². The van der Waals surface area contributed by atoms with Gasteiger partial charge in [-0.15, -0.1) is 0 Å². The van der Waals surface area contributed by atoms with Crippen LogP contribution in [-0.2, 0) is 16.4 Å². The molecular formula is C12H15ClN2O4S. The predicted molar refractivity (Wildman–Crippen MR) is 76.6 cm³/mol. The van der Waals surface area contributed by atoms with Crippen LogP contribution in [0.2, 0.25) is 5.02 Å². The minimum absolute atomic E-state index is 0.00559. The maximum Gasteiger partial charge on any atom is 0.287 e. The Balaban J connectivity index is 2.07. The summed E-state index contributed by atoms with van der Waals surface area (Å²) >= 11 is 5.86. The fourth-order valence-electron chi connectivity index (χ4n) is 2.34. The average Bonchev–Trinajstić information content (AvgIpc) is 2.69. The Bertz CT molecular complexity index is 632. The third-order valence-corrected chi connectivity index (χ3v) is 5.53. The number of nitrogens with zero attached hydrogens (tertiary/aromatic N) is 2. The van der Waals surface area contributed by atoms with Crippen LogP contribution in [0.3, 0.4) is 0 Å². The summed E-state index contributed by atoms with van der Waals surface area (Å²) in [5.41, 5.74) is 0.703. The van der Waals surface area contributed by atoms with E-state index in [1.807, 2.05) is 11.9 Å². The van der Waals surface area contributed by atoms with Crippen LogP contribution in [0, 0.1) is 10.1 Å². The van der Waals surface area contributed by atoms with Gasteiger partial charge in [-0.05, 0) is 25.1 Å². The van der Waals surface area contributed by atoms with Crippen molar-refractivity contribution in [1.29, 1.82) is 0 Å². The molecule has 110 valence electrons. The van der Waals surface area contributed by atoms with Crippen LogP contribution in [0.5, 0.6) is 0 Å². The zero-order valence-electron chi connectivity index (χ0n) is 11.0. The van der Waals surface area contributed by atoms with E-state index in [0.29, 0.717) is 13.0 Å². The first-order chi connectivity index (χ1) is 9.28. The molecule has 1 unspecified atom stereocenters. The summed E-state index contributed by atoms with van der Waals surface area (Å²) in [4.78, 5) is 12.1. The maximum absolute atomic E-state index is 11.4. The molecule has 0 bridgehead atoms. The Hall–Kier alpha value is -1.18. The van der Waals surface area contributed by atoms with E-state index < -0.39 is 14.8 Å². The molecule has 1 aliphatic rings. The second-order valence-electron chi connectivity index (χ2n) is 5.01. The lowest BCUT2D eigenvalue weighted by atomic mass is 10.1. The van der Waals surface area contributed by atoms with Crippen molar-refractivity contribution in [3.63, 3.8) is 0 Å². The standard InChI is InChI=1S/C12H15ClN2O4S/c1-14(10-4-5-20(18,19)8-10)7-9-2-3-12(15(16)17)11(13)6-9/h2-3,6,10H,4-5,7-8H2,1H3. The molecule has 0 spiro atoms. The van der Waals surface area contributed by atoms with E-state index in [-0.39, 0.29) is 28.3 Å². The SMILES string of the molecule is CN(Cc1ccc([N+](=O)[O-])c(Cl)c1)C1CCS(=O)(=O)C1. The number of sulfone groups is 1. The predicted octanol–water partition coefficient (Wildman–Crippen LogP) is 1.87. The molecule has 1 atom stereocenters. The monoisotopic (exact) mass is 318 g/mol. The number of nitro groups is 1. The Morgan fingerprint density at radius 3 is 2.70 bits per heavy atom. The number of rotatable bonds is 4. The second kappa shape index (κ2) is 5.67. The normalized spacial score (nSPS) is 21.2. The first kappa shape index (κ1) is 15.2. The van der Waals surface area contributed by atoms with Gasteiger partial charge in [0.15, 0.2) is 9.84 Å². The highest BCUT2D eigenvalue weighted by Gasteiger charge is 2.30. The molecule has 6 nitrogen and oxygen atoms in total. The molecule has 1 aromatic carbocycles. The van der Waals surface area contributed by atoms with Crippen LogP contribution in [0.4, 0.5) is 5.69 Å². The van der Waals surface area contributed by atoms with E-state index in [1.54, 1.807) is 12.1 Å². The summed E-state index contributed by atoms with van der Waals surface area (Å²) in [5.74, 6) is 0.396. The minimum atomic E-state index is -2.92. The van der Waals surface area contributed by atoms with Crippen molar-refractivity contribution in [1.82, 2.24) is 4.90 Å². The molecule has 1 saturated heterocycles. The summed E-state index contributed by atoms with van der Waals surface area (Å²) < 4.78 is 22.9. The first-order valence-electron chi connectivity index (χ1n) is 6.12. The van der Waals surface area contributed by atoms with E-state index in [1.165, 1.54) is 6.07 Å². The third kappa shape index (κ3) is 3.47. The van der Waals surface area contributed by atoms with Crippen molar-refractivity contribution in [2.75, 3.05) is 18.6 Å². The summed E-state index contributed by atoms with van der Waals surface area (Å²) in [5, 5.41) is 10.8. The van der Waals surface area contributed by atoms with Crippen molar-refractivity contribution in [2.45, 2.75) is 19.0 Å². The van der Waals surface area contributed by atoms with Crippen LogP contribution >= 0.6 is 11.6 Å². The van der Waals surface area contributed by atoms with Gasteiger partial charge in [-0.3, -0.25) is 15.0 Å². The van der Waals surface area contributed by atoms with Crippen LogP contribution in [0.25, 0.3) is 0 Å². The Morgan fingerprint density at radius 1 is 1.50 bits per heavy atom. The lowest BCUT2D eigenvalue weighted by Gasteiger charge is -2.23. The molecule has 0 saturated carbocycles. The van der Waals surface area contributed by atoms with Gasteiger partial charge in [-0.25, -0.2) is 8.42 Å². The summed E-state index contributed by atoms with van der Waals surface area (Å²) in [7, 11) is -1.07. The van der Waals surface area contributed by atoms with E-state index in [9.17, 15) is 18.5 Å². The number of hydrogen-bond donors (Lipinski definition) is 0. The van der Waals surface area contributed by atoms with Crippen molar-refractivity contribution >= 4 is 27.1 Å². The number of nitro benzene ring substituents is 1. The summed E-state index contributed by atoms with van der Waals surface area (Å²) in [6.45, 7) is 0.512. The van der Waals surface area contributed by atoms with Crippen molar-refractivity contribution in [3.8, 4) is 0 Å². The van der Waals surface area contributed by atoms with E-state index in [4.69, 9.17) is 11.6 Å². The van der Waals surface area contributed by atoms with Gasteiger partial charge in [0.1, 0.15) is 5.02 Å². The van der Waals surface area contributed by atoms with Gasteiger partial charge in [0, 0.05) is 18.7 Å². The lowest BCUT2D eigenvalue weighted by molar-refractivity contribution is -0.384. The molecule has 1 aromatic rings. The molecule has 0 aliphatic carbocycles. The number of halogens is 1. The molecule has 0 radical (unpaired) electrons. The van der Waals surface area contributed by atoms with Gasteiger partial charge < -0.3 is 0 Å². The molecule has 1 heterocycles. The molecule has 20 heavy (non-hydrogen) atoms. The molecule has 0 aromatic heterocycles. The van der Waals surface area contributed by atoms with Gasteiger partial charge in [0.25, 0.3) is 5.69 Å². The Morgan fingerprint density at radius 2 is 2.20 bits per heavy atom. The van der Waals surface area contributed by atoms with Crippen molar-refractivity contribution in [3.05, 3.63) is 38.9 Å². The quantitative estimate of drug-likeness (QED) is 0.625.